The minimum atomic E-state index is 0. The molecular weight excluding hydrogens is 340 g/mol. The summed E-state index contributed by atoms with van der Waals surface area (Å²) in [6.07, 6.45) is 11.2. The Morgan fingerprint density at radius 3 is 2.62 bits per heavy atom. The van der Waals surface area contributed by atoms with Crippen molar-refractivity contribution in [3.63, 3.8) is 0 Å². The molecule has 1 aliphatic carbocycles. The van der Waals surface area contributed by atoms with Crippen LogP contribution in [0, 0.1) is 5.92 Å². The summed E-state index contributed by atoms with van der Waals surface area (Å²) in [5.74, 6) is 1.07. The van der Waals surface area contributed by atoms with Crippen LogP contribution in [0.4, 0.5) is 0 Å². The molecule has 1 N–H and O–H groups in total. The summed E-state index contributed by atoms with van der Waals surface area (Å²) in [6, 6.07) is 2.21. The van der Waals surface area contributed by atoms with Crippen molar-refractivity contribution in [2.45, 2.75) is 57.8 Å². The quantitative estimate of drug-likeness (QED) is 0.857. The summed E-state index contributed by atoms with van der Waals surface area (Å²) in [5.41, 5.74) is 1.46. The van der Waals surface area contributed by atoms with E-state index in [2.05, 4.69) is 16.3 Å². The largest absolute Gasteiger partial charge is 0.338 e. The van der Waals surface area contributed by atoms with Gasteiger partial charge in [0.1, 0.15) is 0 Å². The fourth-order valence-corrected chi connectivity index (χ4v) is 5.10. The molecule has 0 aromatic carbocycles. The highest BCUT2D eigenvalue weighted by Gasteiger charge is 2.25. The Kier molecular flexibility index (Phi) is 8.05. The van der Waals surface area contributed by atoms with Gasteiger partial charge in [0, 0.05) is 18.0 Å². The zero-order chi connectivity index (χ0) is 16.1. The van der Waals surface area contributed by atoms with E-state index in [9.17, 15) is 4.79 Å². The van der Waals surface area contributed by atoms with Crippen LogP contribution in [0.25, 0.3) is 0 Å². The average molecular weight is 371 g/mol. The maximum absolute atomic E-state index is 12.8. The minimum absolute atomic E-state index is 0. The number of halogens is 1. The molecule has 0 unspecified atom stereocenters. The summed E-state index contributed by atoms with van der Waals surface area (Å²) in [7, 11) is 2.02. The molecule has 2 heterocycles. The Hall–Kier alpha value is -0.580. The molecule has 1 aromatic rings. The first-order valence-corrected chi connectivity index (χ1v) is 10.1. The predicted molar refractivity (Wildman–Crippen MR) is 105 cm³/mol. The number of rotatable bonds is 4. The van der Waals surface area contributed by atoms with Crippen LogP contribution in [0.15, 0.2) is 6.07 Å². The molecule has 0 spiro atoms. The van der Waals surface area contributed by atoms with E-state index in [0.29, 0.717) is 0 Å². The van der Waals surface area contributed by atoms with Gasteiger partial charge in [0.2, 0.25) is 0 Å². The number of hydrogen-bond acceptors (Lipinski definition) is 3. The fraction of sp³-hybridized carbons (Fsp3) is 0.737. The highest BCUT2D eigenvalue weighted by molar-refractivity contribution is 7.14. The SMILES string of the molecule is CNCCC1CCN(C(=O)c2cc3c(s2)CCCCCC3)CC1.Cl. The van der Waals surface area contributed by atoms with Crippen molar-refractivity contribution in [1.82, 2.24) is 10.2 Å². The van der Waals surface area contributed by atoms with Crippen LogP contribution >= 0.6 is 23.7 Å². The number of thiophene rings is 1. The zero-order valence-electron chi connectivity index (χ0n) is 14.8. The lowest BCUT2D eigenvalue weighted by Crippen LogP contribution is -2.38. The van der Waals surface area contributed by atoms with Crippen molar-refractivity contribution in [2.24, 2.45) is 5.92 Å². The maximum atomic E-state index is 12.8. The van der Waals surface area contributed by atoms with Gasteiger partial charge in [0.05, 0.1) is 4.88 Å². The lowest BCUT2D eigenvalue weighted by Gasteiger charge is -2.31. The molecule has 3 nitrogen and oxygen atoms in total. The smallest absolute Gasteiger partial charge is 0.263 e. The third-order valence-electron chi connectivity index (χ3n) is 5.41. The van der Waals surface area contributed by atoms with Gasteiger partial charge in [0.15, 0.2) is 0 Å². The normalized spacial score (nSPS) is 19.1. The molecule has 5 heteroatoms. The van der Waals surface area contributed by atoms with Crippen molar-refractivity contribution in [3.05, 3.63) is 21.4 Å². The number of amides is 1. The number of carbonyl (C=O) groups is 1. The molecule has 1 saturated heterocycles. The first-order valence-electron chi connectivity index (χ1n) is 9.33. The third kappa shape index (κ3) is 4.96. The molecule has 0 saturated carbocycles. The number of likely N-dealkylation sites (tertiary alicyclic amines) is 1. The van der Waals surface area contributed by atoms with E-state index in [0.717, 1.165) is 30.4 Å². The molecule has 1 fully saturated rings. The van der Waals surface area contributed by atoms with E-state index < -0.39 is 0 Å². The van der Waals surface area contributed by atoms with E-state index in [1.165, 1.54) is 68.2 Å². The average Bonchev–Trinajstić information content (AvgIpc) is 2.95. The topological polar surface area (TPSA) is 32.3 Å². The van der Waals surface area contributed by atoms with Crippen LogP contribution in [0.5, 0.6) is 0 Å². The number of aryl methyl sites for hydroxylation is 2. The van der Waals surface area contributed by atoms with Crippen LogP contribution in [-0.2, 0) is 12.8 Å². The summed E-state index contributed by atoms with van der Waals surface area (Å²) in [4.78, 5) is 17.4. The van der Waals surface area contributed by atoms with Gasteiger partial charge in [-0.25, -0.2) is 0 Å². The molecule has 2 aliphatic rings. The van der Waals surface area contributed by atoms with Gasteiger partial charge >= 0.3 is 0 Å². The second kappa shape index (κ2) is 9.79. The molecule has 0 bridgehead atoms. The summed E-state index contributed by atoms with van der Waals surface area (Å²) in [6.45, 7) is 2.97. The third-order valence-corrected chi connectivity index (χ3v) is 6.64. The van der Waals surface area contributed by atoms with Crippen molar-refractivity contribution in [2.75, 3.05) is 26.7 Å². The van der Waals surface area contributed by atoms with Crippen LogP contribution in [-0.4, -0.2) is 37.5 Å². The van der Waals surface area contributed by atoms with Gasteiger partial charge in [-0.1, -0.05) is 12.8 Å². The molecule has 3 rings (SSSR count). The Morgan fingerprint density at radius 2 is 1.92 bits per heavy atom. The summed E-state index contributed by atoms with van der Waals surface area (Å²) in [5, 5.41) is 3.23. The van der Waals surface area contributed by atoms with Gasteiger partial charge in [0.25, 0.3) is 5.91 Å². The van der Waals surface area contributed by atoms with Gasteiger partial charge in [-0.05, 0) is 76.1 Å². The van der Waals surface area contributed by atoms with Gasteiger partial charge in [-0.15, -0.1) is 23.7 Å². The maximum Gasteiger partial charge on any atom is 0.263 e. The van der Waals surface area contributed by atoms with Crippen molar-refractivity contribution < 1.29 is 4.79 Å². The first-order chi connectivity index (χ1) is 11.3. The van der Waals surface area contributed by atoms with E-state index in [4.69, 9.17) is 0 Å². The van der Waals surface area contributed by atoms with Crippen molar-refractivity contribution in [1.29, 1.82) is 0 Å². The second-order valence-corrected chi connectivity index (χ2v) is 8.24. The molecule has 1 amide bonds. The summed E-state index contributed by atoms with van der Waals surface area (Å²) < 4.78 is 0. The number of nitrogens with zero attached hydrogens (tertiary/aromatic N) is 1. The lowest BCUT2D eigenvalue weighted by atomic mass is 9.93. The number of nitrogens with one attached hydrogen (secondary N) is 1. The molecule has 0 atom stereocenters. The van der Waals surface area contributed by atoms with Gasteiger partial charge in [-0.3, -0.25) is 4.79 Å². The monoisotopic (exact) mass is 370 g/mol. The zero-order valence-corrected chi connectivity index (χ0v) is 16.4. The molecular formula is C19H31ClN2OS. The number of carbonyl (C=O) groups excluding carboxylic acids is 1. The van der Waals surface area contributed by atoms with Gasteiger partial charge in [-0.2, -0.15) is 0 Å². The Labute approximate surface area is 156 Å². The minimum Gasteiger partial charge on any atom is -0.338 e. The first kappa shape index (κ1) is 19.7. The molecule has 1 aliphatic heterocycles. The summed E-state index contributed by atoms with van der Waals surface area (Å²) >= 11 is 1.77. The van der Waals surface area contributed by atoms with E-state index in [1.807, 2.05) is 7.05 Å². The number of fused-ring (bicyclic) bond motifs is 1. The molecule has 136 valence electrons. The highest BCUT2D eigenvalue weighted by atomic mass is 35.5. The molecule has 24 heavy (non-hydrogen) atoms. The number of hydrogen-bond donors (Lipinski definition) is 1. The second-order valence-electron chi connectivity index (χ2n) is 7.10. The fourth-order valence-electron chi connectivity index (χ4n) is 3.88. The van der Waals surface area contributed by atoms with Crippen molar-refractivity contribution >= 4 is 29.7 Å². The van der Waals surface area contributed by atoms with Crippen molar-refractivity contribution in [3.8, 4) is 0 Å². The molecule has 1 aromatic heterocycles. The van der Waals surface area contributed by atoms with Crippen LogP contribution in [0.3, 0.4) is 0 Å². The molecule has 0 radical (unpaired) electrons. The van der Waals surface area contributed by atoms with Crippen LogP contribution < -0.4 is 5.32 Å². The van der Waals surface area contributed by atoms with E-state index >= 15 is 0 Å². The standard InChI is InChI=1S/C19H30N2OS.ClH/c1-20-11-8-15-9-12-21(13-10-15)19(22)18-14-16-6-4-2-3-5-7-17(16)23-18;/h14-15,20H,2-13H2,1H3;1H. The Morgan fingerprint density at radius 1 is 1.21 bits per heavy atom. The van der Waals surface area contributed by atoms with E-state index in [1.54, 1.807) is 11.3 Å². The highest BCUT2D eigenvalue weighted by Crippen LogP contribution is 2.30. The predicted octanol–water partition coefficient (Wildman–Crippen LogP) is 4.29. The van der Waals surface area contributed by atoms with Crippen LogP contribution in [0.1, 0.15) is 65.1 Å². The Bertz CT molecular complexity index is 498. The van der Waals surface area contributed by atoms with Gasteiger partial charge < -0.3 is 10.2 Å². The van der Waals surface area contributed by atoms with E-state index in [-0.39, 0.29) is 18.3 Å². The lowest BCUT2D eigenvalue weighted by molar-refractivity contribution is 0.0692. The Balaban J connectivity index is 0.00000208. The van der Waals surface area contributed by atoms with Crippen LogP contribution in [0.2, 0.25) is 0 Å². The number of piperidine rings is 1.